The van der Waals surface area contributed by atoms with Gasteiger partial charge < -0.3 is 14.5 Å². The van der Waals surface area contributed by atoms with Gasteiger partial charge in [0.15, 0.2) is 16.4 Å². The summed E-state index contributed by atoms with van der Waals surface area (Å²) in [5.74, 6) is -1.07. The van der Waals surface area contributed by atoms with Crippen molar-refractivity contribution >= 4 is 39.1 Å². The average Bonchev–Trinajstić information content (AvgIpc) is 3.03. The number of pyridine rings is 1. The number of nitrogens with zero attached hydrogens (tertiary/aromatic N) is 3. The van der Waals surface area contributed by atoms with E-state index in [1.165, 1.54) is 4.90 Å². The van der Waals surface area contributed by atoms with Crippen molar-refractivity contribution < 1.29 is 35.9 Å². The van der Waals surface area contributed by atoms with Crippen LogP contribution in [0.25, 0.3) is 0 Å². The van der Waals surface area contributed by atoms with E-state index in [1.807, 2.05) is 0 Å². The van der Waals surface area contributed by atoms with Gasteiger partial charge >= 0.3 is 12.1 Å². The fourth-order valence-corrected chi connectivity index (χ4v) is 5.69. The van der Waals surface area contributed by atoms with Crippen molar-refractivity contribution in [3.63, 3.8) is 0 Å². The molecule has 2 fully saturated rings. The zero-order valence-electron chi connectivity index (χ0n) is 16.4. The van der Waals surface area contributed by atoms with Gasteiger partial charge in [-0.1, -0.05) is 11.6 Å². The highest BCUT2D eigenvalue weighted by Crippen LogP contribution is 2.33. The minimum Gasteiger partial charge on any atom is -0.456 e. The van der Waals surface area contributed by atoms with Crippen LogP contribution >= 0.6 is 11.6 Å². The molecule has 2 saturated heterocycles. The van der Waals surface area contributed by atoms with Crippen LogP contribution in [-0.2, 0) is 30.3 Å². The van der Waals surface area contributed by atoms with Gasteiger partial charge in [-0.3, -0.25) is 9.59 Å². The second kappa shape index (κ2) is 9.19. The molecular formula is C18H21ClF3N3O5S. The second-order valence-corrected chi connectivity index (χ2v) is 10.2. The van der Waals surface area contributed by atoms with Crippen molar-refractivity contribution in [1.82, 2.24) is 9.88 Å². The molecule has 0 radical (unpaired) electrons. The lowest BCUT2D eigenvalue weighted by Crippen LogP contribution is -2.50. The third-order valence-corrected chi connectivity index (χ3v) is 7.33. The number of rotatable bonds is 5. The van der Waals surface area contributed by atoms with Crippen molar-refractivity contribution in [3.8, 4) is 0 Å². The highest BCUT2D eigenvalue weighted by molar-refractivity contribution is 7.91. The highest BCUT2D eigenvalue weighted by Gasteiger charge is 2.33. The van der Waals surface area contributed by atoms with E-state index in [4.69, 9.17) is 16.3 Å². The Hall–Kier alpha value is -2.08. The number of hydrogen-bond acceptors (Lipinski definition) is 7. The first-order valence-corrected chi connectivity index (χ1v) is 11.8. The Morgan fingerprint density at radius 3 is 2.45 bits per heavy atom. The predicted molar refractivity (Wildman–Crippen MR) is 105 cm³/mol. The Labute approximate surface area is 182 Å². The van der Waals surface area contributed by atoms with Crippen LogP contribution in [0.15, 0.2) is 12.3 Å². The van der Waals surface area contributed by atoms with Crippen LogP contribution in [0.1, 0.15) is 18.4 Å². The largest absolute Gasteiger partial charge is 0.456 e. The zero-order chi connectivity index (χ0) is 22.8. The molecule has 3 rings (SSSR count). The number of carbonyl (C=O) groups excluding carboxylic acids is 2. The third-order valence-electron chi connectivity index (χ3n) is 5.22. The minimum absolute atomic E-state index is 0.0431. The van der Waals surface area contributed by atoms with Crippen LogP contribution < -0.4 is 4.90 Å². The van der Waals surface area contributed by atoms with E-state index in [1.54, 1.807) is 4.90 Å². The number of aromatic nitrogens is 1. The van der Waals surface area contributed by atoms with Gasteiger partial charge in [0, 0.05) is 38.8 Å². The number of sulfone groups is 1. The maximum absolute atomic E-state index is 12.7. The van der Waals surface area contributed by atoms with Gasteiger partial charge in [-0.25, -0.2) is 13.4 Å². The molecule has 1 amide bonds. The number of amides is 1. The standard InChI is InChI=1S/C18H21ClF3N3O5S/c19-14-8-13(18(20,21)22)9-23-17(14)25-4-2-24(3-5-25)15(26)10-30-16(27)7-12-1-6-31(28,29)11-12/h8-9,12H,1-7,10-11H2. The lowest BCUT2D eigenvalue weighted by molar-refractivity contribution is -0.152. The van der Waals surface area contributed by atoms with E-state index in [9.17, 15) is 31.2 Å². The van der Waals surface area contributed by atoms with Crippen LogP contribution in [0, 0.1) is 5.92 Å². The maximum Gasteiger partial charge on any atom is 0.417 e. The van der Waals surface area contributed by atoms with Gasteiger partial charge in [-0.2, -0.15) is 13.2 Å². The van der Waals surface area contributed by atoms with E-state index < -0.39 is 40.1 Å². The molecule has 8 nitrogen and oxygen atoms in total. The SMILES string of the molecule is O=C(CC1CCS(=O)(=O)C1)OCC(=O)N1CCN(c2ncc(C(F)(F)F)cc2Cl)CC1. The van der Waals surface area contributed by atoms with Crippen molar-refractivity contribution in [1.29, 1.82) is 0 Å². The molecule has 0 bridgehead atoms. The van der Waals surface area contributed by atoms with Crippen LogP contribution in [-0.4, -0.2) is 74.5 Å². The Morgan fingerprint density at radius 1 is 1.23 bits per heavy atom. The number of esters is 1. The van der Waals surface area contributed by atoms with Crippen LogP contribution in [0.3, 0.4) is 0 Å². The summed E-state index contributed by atoms with van der Waals surface area (Å²) in [5, 5.41) is -0.127. The van der Waals surface area contributed by atoms with E-state index in [0.29, 0.717) is 25.7 Å². The van der Waals surface area contributed by atoms with Crippen LogP contribution in [0.5, 0.6) is 0 Å². The smallest absolute Gasteiger partial charge is 0.417 e. The second-order valence-electron chi connectivity index (χ2n) is 7.53. The van der Waals surface area contributed by atoms with E-state index in [2.05, 4.69) is 4.98 Å². The van der Waals surface area contributed by atoms with E-state index >= 15 is 0 Å². The molecule has 1 aromatic rings. The molecule has 3 heterocycles. The highest BCUT2D eigenvalue weighted by atomic mass is 35.5. The fraction of sp³-hybridized carbons (Fsp3) is 0.611. The average molecular weight is 484 g/mol. The molecule has 0 aliphatic carbocycles. The van der Waals surface area contributed by atoms with Gasteiger partial charge in [0.2, 0.25) is 0 Å². The summed E-state index contributed by atoms with van der Waals surface area (Å²) in [4.78, 5) is 31.1. The molecule has 172 valence electrons. The number of piperazine rings is 1. The molecule has 2 aliphatic rings. The lowest BCUT2D eigenvalue weighted by Gasteiger charge is -2.35. The monoisotopic (exact) mass is 483 g/mol. The summed E-state index contributed by atoms with van der Waals surface area (Å²) in [5.41, 5.74) is -0.938. The van der Waals surface area contributed by atoms with E-state index in [-0.39, 0.29) is 47.8 Å². The summed E-state index contributed by atoms with van der Waals surface area (Å²) in [6, 6.07) is 0.816. The molecule has 2 aliphatic heterocycles. The number of carbonyl (C=O) groups is 2. The Morgan fingerprint density at radius 2 is 1.90 bits per heavy atom. The van der Waals surface area contributed by atoms with Gasteiger partial charge in [-0.15, -0.1) is 0 Å². The van der Waals surface area contributed by atoms with Crippen molar-refractivity contribution in [2.45, 2.75) is 19.0 Å². The third kappa shape index (κ3) is 6.22. The van der Waals surface area contributed by atoms with Gasteiger partial charge in [0.25, 0.3) is 5.91 Å². The Kier molecular flexibility index (Phi) is 6.99. The fourth-order valence-electron chi connectivity index (χ4n) is 3.55. The Bertz CT molecular complexity index is 949. The van der Waals surface area contributed by atoms with Crippen LogP contribution in [0.4, 0.5) is 19.0 Å². The molecule has 1 aromatic heterocycles. The first kappa shape index (κ1) is 23.6. The number of ether oxygens (including phenoxy) is 1. The number of hydrogen-bond donors (Lipinski definition) is 0. The predicted octanol–water partition coefficient (Wildman–Crippen LogP) is 1.77. The summed E-state index contributed by atoms with van der Waals surface area (Å²) in [6.07, 6.45) is -3.45. The van der Waals surface area contributed by atoms with E-state index in [0.717, 1.165) is 6.07 Å². The molecule has 1 unspecified atom stereocenters. The molecule has 13 heteroatoms. The van der Waals surface area contributed by atoms with Crippen molar-refractivity contribution in [3.05, 3.63) is 22.8 Å². The summed E-state index contributed by atoms with van der Waals surface area (Å²) >= 11 is 5.96. The zero-order valence-corrected chi connectivity index (χ0v) is 18.0. The van der Waals surface area contributed by atoms with Gasteiger partial charge in [0.05, 0.1) is 22.1 Å². The molecule has 0 N–H and O–H groups in total. The first-order valence-electron chi connectivity index (χ1n) is 9.56. The van der Waals surface area contributed by atoms with Crippen LogP contribution in [0.2, 0.25) is 5.02 Å². The maximum atomic E-state index is 12.7. The van der Waals surface area contributed by atoms with Crippen molar-refractivity contribution in [2.75, 3.05) is 49.2 Å². The minimum atomic E-state index is -4.54. The molecular weight excluding hydrogens is 463 g/mol. The quantitative estimate of drug-likeness (QED) is 0.589. The summed E-state index contributed by atoms with van der Waals surface area (Å²) in [6.45, 7) is 0.680. The number of alkyl halides is 3. The Balaban J connectivity index is 1.45. The summed E-state index contributed by atoms with van der Waals surface area (Å²) < 4.78 is 66.1. The van der Waals surface area contributed by atoms with Gasteiger partial charge in [0.1, 0.15) is 5.82 Å². The molecule has 0 aromatic carbocycles. The first-order chi connectivity index (χ1) is 14.4. The molecule has 0 saturated carbocycles. The van der Waals surface area contributed by atoms with Gasteiger partial charge in [-0.05, 0) is 18.4 Å². The van der Waals surface area contributed by atoms with Crippen molar-refractivity contribution in [2.24, 2.45) is 5.92 Å². The molecule has 0 spiro atoms. The summed E-state index contributed by atoms with van der Waals surface area (Å²) in [7, 11) is -3.09. The molecule has 1 atom stereocenters. The number of halogens is 4. The molecule has 31 heavy (non-hydrogen) atoms. The number of anilines is 1. The normalized spacial score (nSPS) is 21.2. The topological polar surface area (TPSA) is 96.9 Å². The lowest BCUT2D eigenvalue weighted by atomic mass is 10.1.